The van der Waals surface area contributed by atoms with Gasteiger partial charge in [0.2, 0.25) is 0 Å². The van der Waals surface area contributed by atoms with Gasteiger partial charge in [0.05, 0.1) is 0 Å². The highest BCUT2D eigenvalue weighted by Gasteiger charge is 2.10. The van der Waals surface area contributed by atoms with Gasteiger partial charge in [0.25, 0.3) is 0 Å². The molecule has 1 aromatic heterocycles. The number of rotatable bonds is 4. The van der Waals surface area contributed by atoms with Crippen LogP contribution in [-0.4, -0.2) is 24.1 Å². The van der Waals surface area contributed by atoms with Crippen LogP contribution in [0.2, 0.25) is 0 Å². The van der Waals surface area contributed by atoms with Crippen molar-refractivity contribution in [2.24, 2.45) is 0 Å². The molecular formula is C16H27N3. The molecule has 0 amide bonds. The highest BCUT2D eigenvalue weighted by atomic mass is 15.2. The molecule has 0 bridgehead atoms. The fourth-order valence-corrected chi connectivity index (χ4v) is 2.54. The van der Waals surface area contributed by atoms with Crippen LogP contribution in [0, 0.1) is 0 Å². The second-order valence-corrected chi connectivity index (χ2v) is 5.81. The summed E-state index contributed by atoms with van der Waals surface area (Å²) >= 11 is 0. The smallest absolute Gasteiger partial charge is 0.128 e. The Morgan fingerprint density at radius 2 is 1.84 bits per heavy atom. The maximum absolute atomic E-state index is 4.56. The van der Waals surface area contributed by atoms with Crippen molar-refractivity contribution in [3.63, 3.8) is 0 Å². The Kier molecular flexibility index (Phi) is 5.64. The van der Waals surface area contributed by atoms with Crippen molar-refractivity contribution < 1.29 is 0 Å². The van der Waals surface area contributed by atoms with E-state index in [0.29, 0.717) is 6.04 Å². The molecule has 0 spiro atoms. The zero-order valence-corrected chi connectivity index (χ0v) is 12.4. The fraction of sp³-hybridized carbons (Fsp3) is 0.688. The molecule has 0 unspecified atom stereocenters. The summed E-state index contributed by atoms with van der Waals surface area (Å²) < 4.78 is 0. The Hall–Kier alpha value is -1.09. The fourth-order valence-electron chi connectivity index (χ4n) is 2.54. The third kappa shape index (κ3) is 4.83. The van der Waals surface area contributed by atoms with Gasteiger partial charge in [-0.3, -0.25) is 0 Å². The van der Waals surface area contributed by atoms with Crippen LogP contribution >= 0.6 is 0 Å². The van der Waals surface area contributed by atoms with Gasteiger partial charge < -0.3 is 10.2 Å². The maximum Gasteiger partial charge on any atom is 0.128 e. The number of nitrogens with zero attached hydrogens (tertiary/aromatic N) is 2. The van der Waals surface area contributed by atoms with Crippen molar-refractivity contribution >= 4 is 5.82 Å². The predicted octanol–water partition coefficient (Wildman–Crippen LogP) is 3.35. The molecule has 1 aromatic rings. The molecule has 1 fully saturated rings. The zero-order valence-electron chi connectivity index (χ0n) is 12.4. The predicted molar refractivity (Wildman–Crippen MR) is 81.5 cm³/mol. The lowest BCUT2D eigenvalue weighted by atomic mass is 10.1. The summed E-state index contributed by atoms with van der Waals surface area (Å²) in [6.07, 6.45) is 8.69. The summed E-state index contributed by atoms with van der Waals surface area (Å²) in [5, 5.41) is 3.47. The number of anilines is 1. The van der Waals surface area contributed by atoms with Crippen LogP contribution in [-0.2, 0) is 6.54 Å². The van der Waals surface area contributed by atoms with E-state index in [2.05, 4.69) is 41.2 Å². The van der Waals surface area contributed by atoms with Crippen LogP contribution in [0.15, 0.2) is 18.3 Å². The van der Waals surface area contributed by atoms with Gasteiger partial charge in [0, 0.05) is 31.9 Å². The molecule has 0 radical (unpaired) electrons. The topological polar surface area (TPSA) is 28.2 Å². The summed E-state index contributed by atoms with van der Waals surface area (Å²) in [4.78, 5) is 7.02. The summed E-state index contributed by atoms with van der Waals surface area (Å²) in [6, 6.07) is 4.89. The first-order valence-corrected chi connectivity index (χ1v) is 7.69. The minimum absolute atomic E-state index is 0.526. The largest absolute Gasteiger partial charge is 0.357 e. The molecule has 2 heterocycles. The maximum atomic E-state index is 4.56. The average Bonchev–Trinajstić information content (AvgIpc) is 2.36. The van der Waals surface area contributed by atoms with Crippen LogP contribution in [0.1, 0.15) is 51.5 Å². The van der Waals surface area contributed by atoms with Gasteiger partial charge in [-0.2, -0.15) is 0 Å². The molecule has 3 heteroatoms. The van der Waals surface area contributed by atoms with Crippen LogP contribution in [0.25, 0.3) is 0 Å². The molecule has 3 nitrogen and oxygen atoms in total. The van der Waals surface area contributed by atoms with E-state index in [0.717, 1.165) is 25.5 Å². The van der Waals surface area contributed by atoms with Crippen molar-refractivity contribution in [1.29, 1.82) is 0 Å². The average molecular weight is 261 g/mol. The highest BCUT2D eigenvalue weighted by molar-refractivity contribution is 5.41. The van der Waals surface area contributed by atoms with Gasteiger partial charge in [-0.25, -0.2) is 4.98 Å². The van der Waals surface area contributed by atoms with E-state index in [-0.39, 0.29) is 0 Å². The van der Waals surface area contributed by atoms with E-state index in [4.69, 9.17) is 0 Å². The second-order valence-electron chi connectivity index (χ2n) is 5.81. The molecule has 0 atom stereocenters. The molecule has 0 aliphatic carbocycles. The summed E-state index contributed by atoms with van der Waals surface area (Å²) in [7, 11) is 0. The van der Waals surface area contributed by atoms with Gasteiger partial charge in [-0.05, 0) is 30.5 Å². The van der Waals surface area contributed by atoms with E-state index in [1.165, 1.54) is 37.7 Å². The Balaban J connectivity index is 1.99. The lowest BCUT2D eigenvalue weighted by molar-refractivity contribution is 0.553. The summed E-state index contributed by atoms with van der Waals surface area (Å²) in [5.41, 5.74) is 1.33. The van der Waals surface area contributed by atoms with E-state index in [1.807, 2.05) is 6.20 Å². The third-order valence-electron chi connectivity index (χ3n) is 3.70. The number of pyridine rings is 1. The van der Waals surface area contributed by atoms with Crippen LogP contribution in [0.5, 0.6) is 0 Å². The number of nitrogens with one attached hydrogen (secondary N) is 1. The van der Waals surface area contributed by atoms with Crippen LogP contribution in [0.3, 0.4) is 0 Å². The minimum atomic E-state index is 0.526. The van der Waals surface area contributed by atoms with Gasteiger partial charge in [0.15, 0.2) is 0 Å². The van der Waals surface area contributed by atoms with Gasteiger partial charge in [-0.1, -0.05) is 33.1 Å². The Morgan fingerprint density at radius 1 is 1.16 bits per heavy atom. The molecule has 106 valence electrons. The lowest BCUT2D eigenvalue weighted by Crippen LogP contribution is -2.28. The first-order chi connectivity index (χ1) is 9.25. The van der Waals surface area contributed by atoms with E-state index < -0.39 is 0 Å². The zero-order chi connectivity index (χ0) is 13.5. The second kappa shape index (κ2) is 7.49. The minimum Gasteiger partial charge on any atom is -0.357 e. The third-order valence-corrected chi connectivity index (χ3v) is 3.70. The van der Waals surface area contributed by atoms with Crippen molar-refractivity contribution in [3.8, 4) is 0 Å². The number of hydrogen-bond acceptors (Lipinski definition) is 3. The molecule has 1 N–H and O–H groups in total. The van der Waals surface area contributed by atoms with Crippen LogP contribution in [0.4, 0.5) is 5.82 Å². The van der Waals surface area contributed by atoms with Gasteiger partial charge in [-0.15, -0.1) is 0 Å². The molecule has 19 heavy (non-hydrogen) atoms. The van der Waals surface area contributed by atoms with Gasteiger partial charge in [0.1, 0.15) is 5.82 Å². The molecule has 0 aromatic carbocycles. The molecule has 0 saturated carbocycles. The molecule has 1 aliphatic heterocycles. The van der Waals surface area contributed by atoms with Crippen molar-refractivity contribution in [3.05, 3.63) is 23.9 Å². The SMILES string of the molecule is CC(C)NCc1ccnc(N2CCCCCCC2)c1. The van der Waals surface area contributed by atoms with Crippen LogP contribution < -0.4 is 10.2 Å². The first kappa shape index (κ1) is 14.3. The number of aromatic nitrogens is 1. The van der Waals surface area contributed by atoms with Crippen molar-refractivity contribution in [1.82, 2.24) is 10.3 Å². The summed E-state index contributed by atoms with van der Waals surface area (Å²) in [5.74, 6) is 1.16. The molecule has 2 rings (SSSR count). The Morgan fingerprint density at radius 3 is 2.53 bits per heavy atom. The van der Waals surface area contributed by atoms with Crippen molar-refractivity contribution in [2.75, 3.05) is 18.0 Å². The lowest BCUT2D eigenvalue weighted by Gasteiger charge is -2.26. The quantitative estimate of drug-likeness (QED) is 0.901. The number of hydrogen-bond donors (Lipinski definition) is 1. The molecule has 1 saturated heterocycles. The Bertz CT molecular complexity index is 368. The monoisotopic (exact) mass is 261 g/mol. The van der Waals surface area contributed by atoms with Crippen molar-refractivity contribution in [2.45, 2.75) is 58.5 Å². The Labute approximate surface area is 117 Å². The van der Waals surface area contributed by atoms with Gasteiger partial charge >= 0.3 is 0 Å². The standard InChI is InChI=1S/C16H27N3/c1-14(2)18-13-15-8-9-17-16(12-15)19-10-6-4-3-5-7-11-19/h8-9,12,14,18H,3-7,10-11,13H2,1-2H3. The molecule has 1 aliphatic rings. The van der Waals surface area contributed by atoms with E-state index >= 15 is 0 Å². The summed E-state index contributed by atoms with van der Waals surface area (Å²) in [6.45, 7) is 7.62. The van der Waals surface area contributed by atoms with E-state index in [9.17, 15) is 0 Å². The van der Waals surface area contributed by atoms with E-state index in [1.54, 1.807) is 0 Å². The normalized spacial score (nSPS) is 17.3. The molecular weight excluding hydrogens is 234 g/mol. The highest BCUT2D eigenvalue weighted by Crippen LogP contribution is 2.18. The first-order valence-electron chi connectivity index (χ1n) is 7.69.